The second-order valence-corrected chi connectivity index (χ2v) is 3.28. The molecule has 1 heterocycles. The number of hydrogen-bond donors (Lipinski definition) is 1. The SMILES string of the molecule is COCc1c(C(=O)O)cnn1C(C)C. The van der Waals surface area contributed by atoms with Crippen molar-refractivity contribution in [2.24, 2.45) is 0 Å². The van der Waals surface area contributed by atoms with Gasteiger partial charge in [-0.25, -0.2) is 4.79 Å². The van der Waals surface area contributed by atoms with Gasteiger partial charge in [0, 0.05) is 13.2 Å². The van der Waals surface area contributed by atoms with E-state index in [1.165, 1.54) is 13.3 Å². The summed E-state index contributed by atoms with van der Waals surface area (Å²) in [5.41, 5.74) is 0.815. The third kappa shape index (κ3) is 1.93. The fraction of sp³-hybridized carbons (Fsp3) is 0.556. The molecule has 5 nitrogen and oxygen atoms in total. The zero-order valence-electron chi connectivity index (χ0n) is 8.52. The second-order valence-electron chi connectivity index (χ2n) is 3.28. The van der Waals surface area contributed by atoms with Crippen molar-refractivity contribution < 1.29 is 14.6 Å². The second kappa shape index (κ2) is 4.23. The van der Waals surface area contributed by atoms with Crippen LogP contribution < -0.4 is 0 Å². The molecule has 1 N–H and O–H groups in total. The van der Waals surface area contributed by atoms with Crippen LogP contribution in [0.1, 0.15) is 35.9 Å². The summed E-state index contributed by atoms with van der Waals surface area (Å²) < 4.78 is 6.60. The number of ether oxygens (including phenoxy) is 1. The lowest BCUT2D eigenvalue weighted by Crippen LogP contribution is -2.11. The summed E-state index contributed by atoms with van der Waals surface area (Å²) in [5.74, 6) is -0.969. The highest BCUT2D eigenvalue weighted by molar-refractivity contribution is 5.88. The fourth-order valence-corrected chi connectivity index (χ4v) is 1.29. The van der Waals surface area contributed by atoms with Crippen LogP contribution in [-0.2, 0) is 11.3 Å². The Bertz CT molecular complexity index is 331. The fourth-order valence-electron chi connectivity index (χ4n) is 1.29. The quantitative estimate of drug-likeness (QED) is 0.792. The molecule has 14 heavy (non-hydrogen) atoms. The van der Waals surface area contributed by atoms with Gasteiger partial charge in [-0.05, 0) is 13.8 Å². The van der Waals surface area contributed by atoms with Crippen LogP contribution in [0.25, 0.3) is 0 Å². The lowest BCUT2D eigenvalue weighted by molar-refractivity contribution is 0.0691. The normalized spacial score (nSPS) is 10.9. The highest BCUT2D eigenvalue weighted by atomic mass is 16.5. The molecule has 0 saturated carbocycles. The number of carbonyl (C=O) groups is 1. The molecule has 0 aliphatic heterocycles. The maximum absolute atomic E-state index is 10.8. The van der Waals surface area contributed by atoms with Gasteiger partial charge in [0.2, 0.25) is 0 Å². The number of nitrogens with zero attached hydrogens (tertiary/aromatic N) is 2. The van der Waals surface area contributed by atoms with Gasteiger partial charge in [0.25, 0.3) is 0 Å². The maximum Gasteiger partial charge on any atom is 0.339 e. The predicted molar refractivity (Wildman–Crippen MR) is 50.3 cm³/mol. The third-order valence-electron chi connectivity index (χ3n) is 1.90. The van der Waals surface area contributed by atoms with Gasteiger partial charge >= 0.3 is 5.97 Å². The van der Waals surface area contributed by atoms with Gasteiger partial charge in [0.05, 0.1) is 18.5 Å². The Morgan fingerprint density at radius 3 is 2.79 bits per heavy atom. The Hall–Kier alpha value is -1.36. The average Bonchev–Trinajstić information content (AvgIpc) is 2.48. The van der Waals surface area contributed by atoms with Crippen molar-refractivity contribution in [2.75, 3.05) is 7.11 Å². The molecule has 0 fully saturated rings. The first-order chi connectivity index (χ1) is 6.57. The number of hydrogen-bond acceptors (Lipinski definition) is 3. The van der Waals surface area contributed by atoms with Crippen LogP contribution in [0.15, 0.2) is 6.20 Å². The molecule has 0 radical (unpaired) electrons. The summed E-state index contributed by atoms with van der Waals surface area (Å²) in [7, 11) is 1.53. The molecule has 0 unspecified atom stereocenters. The van der Waals surface area contributed by atoms with E-state index in [1.54, 1.807) is 4.68 Å². The molecule has 0 atom stereocenters. The van der Waals surface area contributed by atoms with Gasteiger partial charge in [0.15, 0.2) is 0 Å². The predicted octanol–water partition coefficient (Wildman–Crippen LogP) is 1.31. The number of carboxylic acids is 1. The third-order valence-corrected chi connectivity index (χ3v) is 1.90. The number of methoxy groups -OCH3 is 1. The van der Waals surface area contributed by atoms with Gasteiger partial charge < -0.3 is 9.84 Å². The average molecular weight is 198 g/mol. The van der Waals surface area contributed by atoms with Crippen molar-refractivity contribution in [3.63, 3.8) is 0 Å². The molecular weight excluding hydrogens is 184 g/mol. The van der Waals surface area contributed by atoms with Crippen molar-refractivity contribution in [2.45, 2.75) is 26.5 Å². The number of aromatic nitrogens is 2. The first-order valence-corrected chi connectivity index (χ1v) is 4.36. The summed E-state index contributed by atoms with van der Waals surface area (Å²) in [6.45, 7) is 4.15. The molecule has 0 bridgehead atoms. The Morgan fingerprint density at radius 2 is 2.36 bits per heavy atom. The van der Waals surface area contributed by atoms with Crippen LogP contribution >= 0.6 is 0 Å². The van der Waals surface area contributed by atoms with E-state index < -0.39 is 5.97 Å². The summed E-state index contributed by atoms with van der Waals surface area (Å²) in [4.78, 5) is 10.8. The number of carboxylic acid groups (broad SMARTS) is 1. The van der Waals surface area contributed by atoms with Gasteiger partial charge in [-0.2, -0.15) is 5.10 Å². The van der Waals surface area contributed by atoms with E-state index in [1.807, 2.05) is 13.8 Å². The first kappa shape index (κ1) is 10.7. The highest BCUT2D eigenvalue weighted by Gasteiger charge is 2.17. The molecule has 1 aromatic rings. The summed E-state index contributed by atoms with van der Waals surface area (Å²) in [6, 6.07) is 0.133. The van der Waals surface area contributed by atoms with E-state index in [4.69, 9.17) is 9.84 Å². The summed E-state index contributed by atoms with van der Waals surface area (Å²) in [5, 5.41) is 12.9. The molecule has 0 aromatic carbocycles. The number of rotatable bonds is 4. The van der Waals surface area contributed by atoms with Gasteiger partial charge in [-0.15, -0.1) is 0 Å². The molecule has 0 aliphatic carbocycles. The Labute approximate surface area is 82.3 Å². The van der Waals surface area contributed by atoms with Crippen LogP contribution in [0.2, 0.25) is 0 Å². The van der Waals surface area contributed by atoms with Crippen molar-refractivity contribution >= 4 is 5.97 Å². The molecule has 0 saturated heterocycles. The number of aromatic carboxylic acids is 1. The minimum atomic E-state index is -0.969. The largest absolute Gasteiger partial charge is 0.478 e. The van der Waals surface area contributed by atoms with Crippen LogP contribution in [-0.4, -0.2) is 28.0 Å². The lowest BCUT2D eigenvalue weighted by atomic mass is 10.2. The van der Waals surface area contributed by atoms with E-state index in [2.05, 4.69) is 5.10 Å². The lowest BCUT2D eigenvalue weighted by Gasteiger charge is -2.10. The van der Waals surface area contributed by atoms with Crippen LogP contribution in [0.4, 0.5) is 0 Å². The van der Waals surface area contributed by atoms with Gasteiger partial charge in [-0.1, -0.05) is 0 Å². The van der Waals surface area contributed by atoms with Gasteiger partial charge in [0.1, 0.15) is 5.56 Å². The van der Waals surface area contributed by atoms with Crippen molar-refractivity contribution in [3.05, 3.63) is 17.5 Å². The zero-order chi connectivity index (χ0) is 10.7. The highest BCUT2D eigenvalue weighted by Crippen LogP contribution is 2.14. The molecule has 1 rings (SSSR count). The van der Waals surface area contributed by atoms with E-state index in [9.17, 15) is 4.79 Å². The van der Waals surface area contributed by atoms with E-state index in [0.29, 0.717) is 5.69 Å². The Balaban J connectivity index is 3.13. The van der Waals surface area contributed by atoms with Crippen molar-refractivity contribution in [1.29, 1.82) is 0 Å². The Kier molecular flexibility index (Phi) is 3.24. The minimum Gasteiger partial charge on any atom is -0.478 e. The summed E-state index contributed by atoms with van der Waals surface area (Å²) in [6.07, 6.45) is 1.36. The van der Waals surface area contributed by atoms with E-state index in [0.717, 1.165) is 0 Å². The maximum atomic E-state index is 10.8. The molecule has 0 aliphatic rings. The van der Waals surface area contributed by atoms with Gasteiger partial charge in [-0.3, -0.25) is 4.68 Å². The topological polar surface area (TPSA) is 64.3 Å². The molecule has 0 amide bonds. The molecule has 78 valence electrons. The van der Waals surface area contributed by atoms with Crippen LogP contribution in [0.3, 0.4) is 0 Å². The molecule has 0 spiro atoms. The van der Waals surface area contributed by atoms with Crippen molar-refractivity contribution in [3.8, 4) is 0 Å². The minimum absolute atomic E-state index is 0.133. The monoisotopic (exact) mass is 198 g/mol. The smallest absolute Gasteiger partial charge is 0.339 e. The van der Waals surface area contributed by atoms with E-state index in [-0.39, 0.29) is 18.2 Å². The standard InChI is InChI=1S/C9H14N2O3/c1-6(2)11-8(5-14-3)7(4-10-11)9(12)13/h4,6H,5H2,1-3H3,(H,12,13). The van der Waals surface area contributed by atoms with Crippen molar-refractivity contribution in [1.82, 2.24) is 9.78 Å². The van der Waals surface area contributed by atoms with E-state index >= 15 is 0 Å². The molecule has 1 aromatic heterocycles. The van der Waals surface area contributed by atoms with Crippen LogP contribution in [0.5, 0.6) is 0 Å². The molecular formula is C9H14N2O3. The first-order valence-electron chi connectivity index (χ1n) is 4.36. The Morgan fingerprint density at radius 1 is 1.71 bits per heavy atom. The van der Waals surface area contributed by atoms with Crippen LogP contribution in [0, 0.1) is 0 Å². The summed E-state index contributed by atoms with van der Waals surface area (Å²) >= 11 is 0. The molecule has 5 heteroatoms. The zero-order valence-corrected chi connectivity index (χ0v) is 8.52.